The molecule has 0 aliphatic carbocycles. The zero-order chi connectivity index (χ0) is 14.0. The predicted molar refractivity (Wildman–Crippen MR) is 71.7 cm³/mol. The van der Waals surface area contributed by atoms with Crippen LogP contribution in [0.4, 0.5) is 18.9 Å². The topological polar surface area (TPSA) is 51.8 Å². The van der Waals surface area contributed by atoms with Gasteiger partial charge in [0.2, 0.25) is 0 Å². The van der Waals surface area contributed by atoms with Crippen molar-refractivity contribution in [3.05, 3.63) is 23.8 Å². The normalized spacial score (nSPS) is 11.8. The van der Waals surface area contributed by atoms with Crippen molar-refractivity contribution in [2.75, 3.05) is 12.0 Å². The number of halogens is 3. The van der Waals surface area contributed by atoms with E-state index in [-0.39, 0.29) is 5.69 Å². The fraction of sp³-hybridized carbons (Fsp3) is 0.200. The van der Waals surface area contributed by atoms with Crippen LogP contribution >= 0.6 is 34.9 Å². The minimum Gasteiger partial charge on any atom is -0.398 e. The summed E-state index contributed by atoms with van der Waals surface area (Å²) in [5, 5.41) is 7.83. The van der Waals surface area contributed by atoms with Crippen LogP contribution in [0.1, 0.15) is 5.56 Å². The molecule has 0 saturated heterocycles. The van der Waals surface area contributed by atoms with E-state index in [0.717, 1.165) is 16.5 Å². The van der Waals surface area contributed by atoms with Gasteiger partial charge in [-0.25, -0.2) is 0 Å². The molecule has 19 heavy (non-hydrogen) atoms. The van der Waals surface area contributed by atoms with Crippen LogP contribution < -0.4 is 5.73 Å². The van der Waals surface area contributed by atoms with Crippen molar-refractivity contribution < 1.29 is 13.2 Å². The van der Waals surface area contributed by atoms with E-state index in [2.05, 4.69) is 10.2 Å². The first-order valence-corrected chi connectivity index (χ1v) is 7.78. The Bertz CT molecular complexity index is 583. The standard InChI is InChI=1S/C10H8F3N3S3/c1-17-8-15-16-9(19-8)18-7-3-2-5(4-6(7)14)10(11,12)13/h2-4H,14H2,1H3. The van der Waals surface area contributed by atoms with Crippen molar-refractivity contribution in [2.24, 2.45) is 0 Å². The molecule has 0 spiro atoms. The quantitative estimate of drug-likeness (QED) is 0.683. The minimum atomic E-state index is -4.38. The van der Waals surface area contributed by atoms with Crippen LogP contribution in [0.3, 0.4) is 0 Å². The summed E-state index contributed by atoms with van der Waals surface area (Å²) >= 11 is 4.04. The molecule has 2 N–H and O–H groups in total. The van der Waals surface area contributed by atoms with Crippen molar-refractivity contribution >= 4 is 40.5 Å². The Labute approximate surface area is 119 Å². The largest absolute Gasteiger partial charge is 0.416 e. The maximum absolute atomic E-state index is 12.5. The monoisotopic (exact) mass is 323 g/mol. The molecule has 0 aliphatic rings. The molecular weight excluding hydrogens is 315 g/mol. The molecule has 0 fully saturated rings. The lowest BCUT2D eigenvalue weighted by Gasteiger charge is -2.09. The number of hydrogen-bond donors (Lipinski definition) is 1. The fourth-order valence-electron chi connectivity index (χ4n) is 1.23. The van der Waals surface area contributed by atoms with Crippen LogP contribution in [0.5, 0.6) is 0 Å². The Morgan fingerprint density at radius 3 is 2.42 bits per heavy atom. The molecule has 2 aromatic rings. The summed E-state index contributed by atoms with van der Waals surface area (Å²) in [4.78, 5) is 0.539. The number of nitrogen functional groups attached to an aromatic ring is 1. The first-order chi connectivity index (χ1) is 8.90. The number of anilines is 1. The Morgan fingerprint density at radius 1 is 1.21 bits per heavy atom. The third kappa shape index (κ3) is 3.54. The lowest BCUT2D eigenvalue weighted by molar-refractivity contribution is -0.137. The maximum atomic E-state index is 12.5. The second-order valence-electron chi connectivity index (χ2n) is 3.39. The molecule has 0 radical (unpaired) electrons. The summed E-state index contributed by atoms with van der Waals surface area (Å²) in [6.07, 6.45) is -2.51. The summed E-state index contributed by atoms with van der Waals surface area (Å²) < 4.78 is 38.9. The number of hydrogen-bond acceptors (Lipinski definition) is 6. The molecule has 0 bridgehead atoms. The Balaban J connectivity index is 2.22. The summed E-state index contributed by atoms with van der Waals surface area (Å²) in [5.74, 6) is 0. The van der Waals surface area contributed by atoms with Gasteiger partial charge in [-0.1, -0.05) is 34.9 Å². The zero-order valence-corrected chi connectivity index (χ0v) is 12.0. The molecule has 1 heterocycles. The fourth-order valence-corrected chi connectivity index (χ4v) is 3.65. The van der Waals surface area contributed by atoms with Crippen LogP contribution in [-0.4, -0.2) is 16.5 Å². The molecule has 9 heteroatoms. The number of rotatable bonds is 3. The van der Waals surface area contributed by atoms with Crippen molar-refractivity contribution in [1.82, 2.24) is 10.2 Å². The SMILES string of the molecule is CSc1nnc(Sc2ccc(C(F)(F)F)cc2N)s1. The van der Waals surface area contributed by atoms with E-state index in [0.29, 0.717) is 9.24 Å². The van der Waals surface area contributed by atoms with Gasteiger partial charge in [0, 0.05) is 10.6 Å². The molecule has 102 valence electrons. The number of nitrogens with zero attached hydrogens (tertiary/aromatic N) is 2. The number of alkyl halides is 3. The minimum absolute atomic E-state index is 0.0840. The van der Waals surface area contributed by atoms with Crippen LogP contribution in [0.2, 0.25) is 0 Å². The summed E-state index contributed by atoms with van der Waals surface area (Å²) in [7, 11) is 0. The smallest absolute Gasteiger partial charge is 0.398 e. The molecular formula is C10H8F3N3S3. The number of thioether (sulfide) groups is 1. The van der Waals surface area contributed by atoms with Crippen LogP contribution in [0, 0.1) is 0 Å². The molecule has 2 rings (SSSR count). The summed E-state index contributed by atoms with van der Waals surface area (Å²) in [6.45, 7) is 0. The molecule has 1 aromatic carbocycles. The number of nitrogens with two attached hydrogens (primary N) is 1. The molecule has 3 nitrogen and oxygen atoms in total. The third-order valence-electron chi connectivity index (χ3n) is 2.10. The van der Waals surface area contributed by atoms with E-state index in [1.165, 1.54) is 40.9 Å². The first-order valence-electron chi connectivity index (χ1n) is 4.92. The van der Waals surface area contributed by atoms with E-state index < -0.39 is 11.7 Å². The van der Waals surface area contributed by atoms with Crippen molar-refractivity contribution in [1.29, 1.82) is 0 Å². The second kappa shape index (κ2) is 5.59. The van der Waals surface area contributed by atoms with E-state index >= 15 is 0 Å². The van der Waals surface area contributed by atoms with Crippen molar-refractivity contribution in [2.45, 2.75) is 19.8 Å². The predicted octanol–water partition coefficient (Wildman–Crippen LogP) is 4.01. The van der Waals surface area contributed by atoms with Gasteiger partial charge >= 0.3 is 6.18 Å². The van der Waals surface area contributed by atoms with Gasteiger partial charge in [-0.05, 0) is 24.5 Å². The van der Waals surface area contributed by atoms with E-state index in [9.17, 15) is 13.2 Å². The number of aromatic nitrogens is 2. The molecule has 0 amide bonds. The molecule has 1 aromatic heterocycles. The van der Waals surface area contributed by atoms with Crippen molar-refractivity contribution in [3.8, 4) is 0 Å². The van der Waals surface area contributed by atoms with Gasteiger partial charge < -0.3 is 5.73 Å². The summed E-state index contributed by atoms with van der Waals surface area (Å²) in [5.41, 5.74) is 4.97. The highest BCUT2D eigenvalue weighted by Gasteiger charge is 2.30. The van der Waals surface area contributed by atoms with Crippen LogP contribution in [0.15, 0.2) is 31.8 Å². The van der Waals surface area contributed by atoms with E-state index in [4.69, 9.17) is 5.73 Å². The van der Waals surface area contributed by atoms with Gasteiger partial charge in [-0.2, -0.15) is 13.2 Å². The van der Waals surface area contributed by atoms with Crippen LogP contribution in [-0.2, 0) is 6.18 Å². The highest BCUT2D eigenvalue weighted by atomic mass is 32.2. The molecule has 0 saturated carbocycles. The Kier molecular flexibility index (Phi) is 4.26. The van der Waals surface area contributed by atoms with Crippen LogP contribution in [0.25, 0.3) is 0 Å². The highest BCUT2D eigenvalue weighted by molar-refractivity contribution is 8.03. The maximum Gasteiger partial charge on any atom is 0.416 e. The van der Waals surface area contributed by atoms with Gasteiger partial charge in [0.05, 0.1) is 5.56 Å². The highest BCUT2D eigenvalue weighted by Crippen LogP contribution is 2.38. The zero-order valence-electron chi connectivity index (χ0n) is 9.56. The molecule has 0 unspecified atom stereocenters. The average molecular weight is 323 g/mol. The van der Waals surface area contributed by atoms with Gasteiger partial charge in [0.1, 0.15) is 0 Å². The number of benzene rings is 1. The van der Waals surface area contributed by atoms with E-state index in [1.54, 1.807) is 0 Å². The first kappa shape index (κ1) is 14.5. The van der Waals surface area contributed by atoms with Gasteiger partial charge in [0.25, 0.3) is 0 Å². The average Bonchev–Trinajstić information content (AvgIpc) is 2.78. The third-order valence-corrected chi connectivity index (χ3v) is 5.14. The molecule has 0 atom stereocenters. The van der Waals surface area contributed by atoms with Gasteiger partial charge in [-0.3, -0.25) is 0 Å². The lowest BCUT2D eigenvalue weighted by atomic mass is 10.2. The molecule has 0 aliphatic heterocycles. The van der Waals surface area contributed by atoms with E-state index in [1.807, 2.05) is 6.26 Å². The Morgan fingerprint density at radius 2 is 1.89 bits per heavy atom. The second-order valence-corrected chi connectivity index (χ2v) is 6.71. The Hall–Kier alpha value is -0.930. The van der Waals surface area contributed by atoms with Gasteiger partial charge in [0.15, 0.2) is 8.68 Å². The lowest BCUT2D eigenvalue weighted by Crippen LogP contribution is -2.05. The summed E-state index contributed by atoms with van der Waals surface area (Å²) in [6, 6.07) is 3.29. The van der Waals surface area contributed by atoms with Crippen molar-refractivity contribution in [3.63, 3.8) is 0 Å². The van der Waals surface area contributed by atoms with Gasteiger partial charge in [-0.15, -0.1) is 10.2 Å².